The highest BCUT2D eigenvalue weighted by atomic mass is 19.1. The number of nitrogens with two attached hydrogens (primary N) is 1. The van der Waals surface area contributed by atoms with E-state index in [2.05, 4.69) is 0 Å². The van der Waals surface area contributed by atoms with Crippen molar-refractivity contribution in [1.82, 2.24) is 0 Å². The summed E-state index contributed by atoms with van der Waals surface area (Å²) in [7, 11) is 1.55. The summed E-state index contributed by atoms with van der Waals surface area (Å²) in [5, 5.41) is 0. The van der Waals surface area contributed by atoms with Crippen LogP contribution in [0.5, 0.6) is 0 Å². The lowest BCUT2D eigenvalue weighted by Crippen LogP contribution is -2.49. The van der Waals surface area contributed by atoms with E-state index in [4.69, 9.17) is 10.5 Å². The zero-order chi connectivity index (χ0) is 12.6. The molecule has 1 aromatic carbocycles. The second kappa shape index (κ2) is 4.35. The number of hydrogen-bond donors (Lipinski definition) is 1. The second-order valence-corrected chi connectivity index (χ2v) is 4.69. The Bertz CT molecular complexity index is 424. The molecule has 1 aliphatic carbocycles. The van der Waals surface area contributed by atoms with E-state index in [1.807, 2.05) is 0 Å². The molecule has 17 heavy (non-hydrogen) atoms. The third kappa shape index (κ3) is 1.85. The van der Waals surface area contributed by atoms with Crippen molar-refractivity contribution in [2.75, 3.05) is 7.11 Å². The molecule has 2 N–H and O–H groups in total. The van der Waals surface area contributed by atoms with Gasteiger partial charge in [-0.05, 0) is 37.8 Å². The first-order valence-corrected chi connectivity index (χ1v) is 5.77. The highest BCUT2D eigenvalue weighted by molar-refractivity contribution is 5.31. The fourth-order valence-corrected chi connectivity index (χ4v) is 2.39. The molecular weight excluding hydrogens is 224 g/mol. The highest BCUT2D eigenvalue weighted by Crippen LogP contribution is 2.44. The molecule has 0 spiro atoms. The van der Waals surface area contributed by atoms with Gasteiger partial charge in [0.1, 0.15) is 11.6 Å². The van der Waals surface area contributed by atoms with Crippen molar-refractivity contribution in [1.29, 1.82) is 0 Å². The number of benzene rings is 1. The van der Waals surface area contributed by atoms with Gasteiger partial charge in [-0.15, -0.1) is 0 Å². The second-order valence-electron chi connectivity index (χ2n) is 4.69. The summed E-state index contributed by atoms with van der Waals surface area (Å²) in [4.78, 5) is 0. The molecule has 0 amide bonds. The lowest BCUT2D eigenvalue weighted by atomic mass is 9.72. The van der Waals surface area contributed by atoms with Crippen LogP contribution >= 0.6 is 0 Å². The predicted octanol–water partition coefficient (Wildman–Crippen LogP) is 2.84. The van der Waals surface area contributed by atoms with Crippen molar-refractivity contribution < 1.29 is 13.5 Å². The first-order chi connectivity index (χ1) is 8.02. The number of methoxy groups -OCH3 is 1. The zero-order valence-electron chi connectivity index (χ0n) is 10.1. The van der Waals surface area contributed by atoms with Crippen molar-refractivity contribution in [3.05, 3.63) is 34.9 Å². The maximum atomic E-state index is 14.0. The molecule has 1 atom stereocenters. The van der Waals surface area contributed by atoms with Crippen LogP contribution < -0.4 is 5.73 Å². The number of hydrogen-bond acceptors (Lipinski definition) is 2. The molecular formula is C13H17F2NO. The van der Waals surface area contributed by atoms with Crippen LogP contribution in [0.15, 0.2) is 12.1 Å². The van der Waals surface area contributed by atoms with Crippen molar-refractivity contribution in [3.8, 4) is 0 Å². The van der Waals surface area contributed by atoms with Crippen LogP contribution in [0.2, 0.25) is 0 Å². The normalized spacial score (nSPS) is 19.8. The third-order valence-corrected chi connectivity index (χ3v) is 3.80. The van der Waals surface area contributed by atoms with Crippen LogP contribution in [-0.4, -0.2) is 12.7 Å². The number of rotatable bonds is 3. The van der Waals surface area contributed by atoms with Crippen LogP contribution in [0.3, 0.4) is 0 Å². The summed E-state index contributed by atoms with van der Waals surface area (Å²) in [5.74, 6) is -1.15. The molecule has 0 heterocycles. The van der Waals surface area contributed by atoms with E-state index in [-0.39, 0.29) is 5.56 Å². The number of ether oxygens (including phenoxy) is 1. The smallest absolute Gasteiger partial charge is 0.133 e. The number of aryl methyl sites for hydroxylation is 1. The molecule has 0 bridgehead atoms. The maximum absolute atomic E-state index is 14.0. The summed E-state index contributed by atoms with van der Waals surface area (Å²) in [6.07, 6.45) is 2.48. The predicted molar refractivity (Wildman–Crippen MR) is 61.6 cm³/mol. The average Bonchev–Trinajstić information content (AvgIpc) is 2.23. The first kappa shape index (κ1) is 12.5. The van der Waals surface area contributed by atoms with Crippen LogP contribution in [0.4, 0.5) is 8.78 Å². The van der Waals surface area contributed by atoms with Gasteiger partial charge < -0.3 is 10.5 Å². The van der Waals surface area contributed by atoms with Crippen LogP contribution in [-0.2, 0) is 4.74 Å². The summed E-state index contributed by atoms with van der Waals surface area (Å²) < 4.78 is 33.1. The summed E-state index contributed by atoms with van der Waals surface area (Å²) in [6, 6.07) is 1.93. The standard InChI is InChI=1S/C13H17F2NO/c1-8-4-5-9(14)10(11(8)15)12(16)13(17-2)6-3-7-13/h4-5,12H,3,6-7,16H2,1-2H3. The van der Waals surface area contributed by atoms with Gasteiger partial charge in [-0.3, -0.25) is 0 Å². The van der Waals surface area contributed by atoms with Gasteiger partial charge in [-0.1, -0.05) is 6.07 Å². The van der Waals surface area contributed by atoms with E-state index >= 15 is 0 Å². The molecule has 1 saturated carbocycles. The van der Waals surface area contributed by atoms with Crippen molar-refractivity contribution in [2.24, 2.45) is 5.73 Å². The Labute approximate surface area is 99.8 Å². The lowest BCUT2D eigenvalue weighted by molar-refractivity contribution is -0.0924. The van der Waals surface area contributed by atoms with E-state index in [9.17, 15) is 8.78 Å². The van der Waals surface area contributed by atoms with Gasteiger partial charge >= 0.3 is 0 Å². The van der Waals surface area contributed by atoms with Gasteiger partial charge in [-0.2, -0.15) is 0 Å². The Balaban J connectivity index is 2.43. The molecule has 0 saturated heterocycles. The molecule has 1 fully saturated rings. The minimum Gasteiger partial charge on any atom is -0.376 e. The molecule has 0 radical (unpaired) electrons. The van der Waals surface area contributed by atoms with Crippen LogP contribution in [0.1, 0.15) is 36.4 Å². The Morgan fingerprint density at radius 3 is 2.47 bits per heavy atom. The molecule has 1 unspecified atom stereocenters. The fraction of sp³-hybridized carbons (Fsp3) is 0.538. The number of halogens is 2. The molecule has 0 aliphatic heterocycles. The summed E-state index contributed by atoms with van der Waals surface area (Å²) >= 11 is 0. The van der Waals surface area contributed by atoms with E-state index in [0.717, 1.165) is 19.3 Å². The Kier molecular flexibility index (Phi) is 3.19. The molecule has 2 rings (SSSR count). The van der Waals surface area contributed by atoms with E-state index < -0.39 is 23.3 Å². The third-order valence-electron chi connectivity index (χ3n) is 3.80. The van der Waals surface area contributed by atoms with Gasteiger partial charge in [0, 0.05) is 12.7 Å². The zero-order valence-corrected chi connectivity index (χ0v) is 10.1. The van der Waals surface area contributed by atoms with Gasteiger partial charge in [-0.25, -0.2) is 8.78 Å². The highest BCUT2D eigenvalue weighted by Gasteiger charge is 2.45. The van der Waals surface area contributed by atoms with E-state index in [0.29, 0.717) is 5.56 Å². The van der Waals surface area contributed by atoms with E-state index in [1.54, 1.807) is 14.0 Å². The molecule has 2 nitrogen and oxygen atoms in total. The summed E-state index contributed by atoms with van der Waals surface area (Å²) in [5.41, 5.74) is 5.77. The van der Waals surface area contributed by atoms with Crippen molar-refractivity contribution in [2.45, 2.75) is 37.8 Å². The van der Waals surface area contributed by atoms with E-state index in [1.165, 1.54) is 12.1 Å². The largest absolute Gasteiger partial charge is 0.376 e. The Hall–Kier alpha value is -1.00. The Morgan fingerprint density at radius 1 is 1.35 bits per heavy atom. The fourth-order valence-electron chi connectivity index (χ4n) is 2.39. The van der Waals surface area contributed by atoms with Gasteiger partial charge in [0.15, 0.2) is 0 Å². The van der Waals surface area contributed by atoms with Crippen molar-refractivity contribution in [3.63, 3.8) is 0 Å². The first-order valence-electron chi connectivity index (χ1n) is 5.77. The van der Waals surface area contributed by atoms with Crippen LogP contribution in [0, 0.1) is 18.6 Å². The lowest BCUT2D eigenvalue weighted by Gasteiger charge is -2.45. The maximum Gasteiger partial charge on any atom is 0.133 e. The minimum atomic E-state index is -0.749. The Morgan fingerprint density at radius 2 is 2.00 bits per heavy atom. The van der Waals surface area contributed by atoms with Crippen LogP contribution in [0.25, 0.3) is 0 Å². The monoisotopic (exact) mass is 241 g/mol. The molecule has 4 heteroatoms. The molecule has 0 aromatic heterocycles. The van der Waals surface area contributed by atoms with Crippen molar-refractivity contribution >= 4 is 0 Å². The molecule has 1 aromatic rings. The van der Waals surface area contributed by atoms with Gasteiger partial charge in [0.05, 0.1) is 11.6 Å². The topological polar surface area (TPSA) is 35.2 Å². The van der Waals surface area contributed by atoms with Gasteiger partial charge in [0.25, 0.3) is 0 Å². The minimum absolute atomic E-state index is 0.0495. The average molecular weight is 241 g/mol. The summed E-state index contributed by atoms with van der Waals surface area (Å²) in [6.45, 7) is 1.60. The molecule has 94 valence electrons. The van der Waals surface area contributed by atoms with Gasteiger partial charge in [0.2, 0.25) is 0 Å². The quantitative estimate of drug-likeness (QED) is 0.883. The SMILES string of the molecule is COC1(C(N)c2c(F)ccc(C)c2F)CCC1. The molecule has 1 aliphatic rings.